The largest absolute Gasteiger partial charge is 0.396 e. The molecule has 0 radical (unpaired) electrons. The Hall–Kier alpha value is -0.160. The summed E-state index contributed by atoms with van der Waals surface area (Å²) in [4.78, 5) is 0. The van der Waals surface area contributed by atoms with E-state index in [1.165, 1.54) is 0 Å². The van der Waals surface area contributed by atoms with Gasteiger partial charge in [-0.2, -0.15) is 0 Å². The molecule has 72 valence electrons. The van der Waals surface area contributed by atoms with E-state index in [9.17, 15) is 5.11 Å². The van der Waals surface area contributed by atoms with E-state index < -0.39 is 6.10 Å². The molecule has 12 heavy (non-hydrogen) atoms. The van der Waals surface area contributed by atoms with Crippen LogP contribution in [0.1, 0.15) is 12.8 Å². The Morgan fingerprint density at radius 2 is 2.33 bits per heavy atom. The van der Waals surface area contributed by atoms with Crippen molar-refractivity contribution in [2.24, 2.45) is 5.92 Å². The van der Waals surface area contributed by atoms with Gasteiger partial charge in [-0.3, -0.25) is 0 Å². The molecule has 0 aliphatic carbocycles. The van der Waals surface area contributed by atoms with Crippen LogP contribution in [-0.2, 0) is 9.47 Å². The van der Waals surface area contributed by atoms with Crippen molar-refractivity contribution in [3.05, 3.63) is 0 Å². The topological polar surface area (TPSA) is 58.9 Å². The van der Waals surface area contributed by atoms with Crippen LogP contribution in [-0.4, -0.2) is 42.9 Å². The first-order valence-electron chi connectivity index (χ1n) is 4.23. The number of ether oxygens (including phenoxy) is 2. The summed E-state index contributed by atoms with van der Waals surface area (Å²) >= 11 is 0. The Kier molecular flexibility index (Phi) is 3.94. The average Bonchev–Trinajstić information content (AvgIpc) is 2.43. The molecule has 0 amide bonds. The van der Waals surface area contributed by atoms with Crippen molar-refractivity contribution >= 4 is 0 Å². The van der Waals surface area contributed by atoms with Crippen LogP contribution in [0.4, 0.5) is 0 Å². The normalized spacial score (nSPS) is 35.8. The molecule has 1 unspecified atom stereocenters. The fraction of sp³-hybridized carbons (Fsp3) is 1.00. The van der Waals surface area contributed by atoms with Crippen LogP contribution >= 0.6 is 0 Å². The molecular formula is C8H16O4. The van der Waals surface area contributed by atoms with Gasteiger partial charge in [-0.05, 0) is 12.8 Å². The summed E-state index contributed by atoms with van der Waals surface area (Å²) in [5, 5.41) is 18.0. The number of aliphatic hydroxyl groups is 2. The van der Waals surface area contributed by atoms with Gasteiger partial charge >= 0.3 is 0 Å². The Morgan fingerprint density at radius 1 is 1.58 bits per heavy atom. The first-order valence-corrected chi connectivity index (χ1v) is 4.23. The highest BCUT2D eigenvalue weighted by Crippen LogP contribution is 2.25. The molecule has 1 rings (SSSR count). The van der Waals surface area contributed by atoms with Gasteiger partial charge in [0.2, 0.25) is 0 Å². The van der Waals surface area contributed by atoms with Gasteiger partial charge in [0.15, 0.2) is 6.29 Å². The van der Waals surface area contributed by atoms with Crippen molar-refractivity contribution in [2.45, 2.75) is 25.2 Å². The van der Waals surface area contributed by atoms with Gasteiger partial charge in [0, 0.05) is 19.6 Å². The lowest BCUT2D eigenvalue weighted by Gasteiger charge is -2.17. The fourth-order valence-electron chi connectivity index (χ4n) is 1.52. The second-order valence-corrected chi connectivity index (χ2v) is 3.03. The third kappa shape index (κ3) is 2.17. The number of rotatable bonds is 4. The molecule has 2 N–H and O–H groups in total. The minimum atomic E-state index is -0.443. The van der Waals surface area contributed by atoms with Gasteiger partial charge < -0.3 is 19.7 Å². The summed E-state index contributed by atoms with van der Waals surface area (Å²) in [6.45, 7) is 0.494. The number of methoxy groups -OCH3 is 1. The van der Waals surface area contributed by atoms with E-state index in [0.29, 0.717) is 13.0 Å². The van der Waals surface area contributed by atoms with Gasteiger partial charge in [0.25, 0.3) is 0 Å². The van der Waals surface area contributed by atoms with E-state index in [4.69, 9.17) is 14.6 Å². The third-order valence-corrected chi connectivity index (χ3v) is 2.20. The molecule has 1 saturated heterocycles. The Labute approximate surface area is 72.1 Å². The van der Waals surface area contributed by atoms with E-state index in [0.717, 1.165) is 6.42 Å². The van der Waals surface area contributed by atoms with Gasteiger partial charge in [-0.1, -0.05) is 0 Å². The highest BCUT2D eigenvalue weighted by molar-refractivity contribution is 4.77. The lowest BCUT2D eigenvalue weighted by Crippen LogP contribution is -2.25. The maximum atomic E-state index is 9.43. The molecule has 0 aromatic rings. The molecule has 4 nitrogen and oxygen atoms in total. The monoisotopic (exact) mass is 176 g/mol. The maximum Gasteiger partial charge on any atom is 0.162 e. The Morgan fingerprint density at radius 3 is 2.92 bits per heavy atom. The summed E-state index contributed by atoms with van der Waals surface area (Å²) in [6, 6.07) is 0. The number of hydrogen-bond acceptors (Lipinski definition) is 4. The van der Waals surface area contributed by atoms with Gasteiger partial charge in [0.05, 0.1) is 12.7 Å². The summed E-state index contributed by atoms with van der Waals surface area (Å²) in [5.74, 6) is 0.0159. The molecule has 4 heteroatoms. The lowest BCUT2D eigenvalue weighted by atomic mass is 9.99. The molecule has 0 aromatic carbocycles. The Balaban J connectivity index is 2.35. The molecule has 0 bridgehead atoms. The highest BCUT2D eigenvalue weighted by Gasteiger charge is 2.35. The molecule has 1 fully saturated rings. The molecular weight excluding hydrogens is 160 g/mol. The van der Waals surface area contributed by atoms with Crippen LogP contribution in [0.15, 0.2) is 0 Å². The van der Waals surface area contributed by atoms with Crippen LogP contribution in [0.25, 0.3) is 0 Å². The second-order valence-electron chi connectivity index (χ2n) is 3.03. The smallest absolute Gasteiger partial charge is 0.162 e. The molecule has 1 heterocycles. The first-order chi connectivity index (χ1) is 5.79. The van der Waals surface area contributed by atoms with Crippen molar-refractivity contribution in [2.75, 3.05) is 20.3 Å². The summed E-state index contributed by atoms with van der Waals surface area (Å²) in [6.07, 6.45) is 0.689. The van der Waals surface area contributed by atoms with Gasteiger partial charge in [-0.15, -0.1) is 0 Å². The van der Waals surface area contributed by atoms with Crippen LogP contribution < -0.4 is 0 Å². The third-order valence-electron chi connectivity index (χ3n) is 2.20. The molecule has 0 spiro atoms. The highest BCUT2D eigenvalue weighted by atomic mass is 16.7. The number of aliphatic hydroxyl groups excluding tert-OH is 2. The van der Waals surface area contributed by atoms with E-state index in [1.54, 1.807) is 7.11 Å². The van der Waals surface area contributed by atoms with Crippen molar-refractivity contribution in [3.63, 3.8) is 0 Å². The maximum absolute atomic E-state index is 9.43. The summed E-state index contributed by atoms with van der Waals surface area (Å²) in [5.41, 5.74) is 0. The predicted molar refractivity (Wildman–Crippen MR) is 42.6 cm³/mol. The quantitative estimate of drug-likeness (QED) is 0.619. The standard InChI is InChI=1S/C8H16O4/c1-11-8-6(3-2-4-9)7(10)5-12-8/h6-10H,2-5H2,1H3/t6-,7-,8?/m0/s1. The molecule has 1 aliphatic rings. The predicted octanol–water partition coefficient (Wildman–Crippen LogP) is -0.261. The zero-order valence-corrected chi connectivity index (χ0v) is 7.27. The van der Waals surface area contributed by atoms with Crippen LogP contribution in [0, 0.1) is 5.92 Å². The van der Waals surface area contributed by atoms with Crippen molar-refractivity contribution in [3.8, 4) is 0 Å². The molecule has 0 aromatic heterocycles. The van der Waals surface area contributed by atoms with Gasteiger partial charge in [-0.25, -0.2) is 0 Å². The summed E-state index contributed by atoms with van der Waals surface area (Å²) < 4.78 is 10.2. The van der Waals surface area contributed by atoms with Gasteiger partial charge in [0.1, 0.15) is 0 Å². The van der Waals surface area contributed by atoms with E-state index in [2.05, 4.69) is 0 Å². The van der Waals surface area contributed by atoms with E-state index >= 15 is 0 Å². The Bertz CT molecular complexity index is 128. The van der Waals surface area contributed by atoms with Crippen LogP contribution in [0.5, 0.6) is 0 Å². The SMILES string of the molecule is COC1OC[C@H](O)[C@@H]1CCCO. The second kappa shape index (κ2) is 4.77. The minimum Gasteiger partial charge on any atom is -0.396 e. The number of hydrogen-bond donors (Lipinski definition) is 2. The minimum absolute atomic E-state index is 0.0159. The van der Waals surface area contributed by atoms with Crippen molar-refractivity contribution in [1.82, 2.24) is 0 Å². The molecule has 1 aliphatic heterocycles. The van der Waals surface area contributed by atoms with E-state index in [1.807, 2.05) is 0 Å². The zero-order chi connectivity index (χ0) is 8.97. The van der Waals surface area contributed by atoms with Crippen molar-refractivity contribution < 1.29 is 19.7 Å². The van der Waals surface area contributed by atoms with Crippen LogP contribution in [0.2, 0.25) is 0 Å². The summed E-state index contributed by atoms with van der Waals surface area (Å²) in [7, 11) is 1.56. The molecule has 3 atom stereocenters. The fourth-order valence-corrected chi connectivity index (χ4v) is 1.52. The zero-order valence-electron chi connectivity index (χ0n) is 7.27. The van der Waals surface area contributed by atoms with Crippen molar-refractivity contribution in [1.29, 1.82) is 0 Å². The first kappa shape index (κ1) is 9.92. The van der Waals surface area contributed by atoms with Crippen LogP contribution in [0.3, 0.4) is 0 Å². The lowest BCUT2D eigenvalue weighted by molar-refractivity contribution is -0.112. The average molecular weight is 176 g/mol. The molecule has 0 saturated carbocycles. The van der Waals surface area contributed by atoms with E-state index in [-0.39, 0.29) is 18.8 Å².